The number of nitro groups is 1. The number of hydrogen-bond donors (Lipinski definition) is 3. The van der Waals surface area contributed by atoms with Crippen molar-refractivity contribution in [3.63, 3.8) is 0 Å². The number of H-pyrrole nitrogens is 2. The Bertz CT molecular complexity index is 906. The summed E-state index contributed by atoms with van der Waals surface area (Å²) in [6, 6.07) is 6.10. The summed E-state index contributed by atoms with van der Waals surface area (Å²) in [5, 5.41) is 28.4. The van der Waals surface area contributed by atoms with Crippen LogP contribution in [-0.2, 0) is 0 Å². The molecular weight excluding hydrogens is 306 g/mol. The average molecular weight is 315 g/mol. The zero-order valence-corrected chi connectivity index (χ0v) is 11.8. The second-order valence-electron chi connectivity index (χ2n) is 4.44. The van der Waals surface area contributed by atoms with Crippen molar-refractivity contribution in [2.45, 2.75) is 0 Å². The molecule has 0 fully saturated rings. The van der Waals surface area contributed by atoms with E-state index in [1.54, 1.807) is 18.2 Å². The first-order valence-electron chi connectivity index (χ1n) is 6.14. The van der Waals surface area contributed by atoms with Gasteiger partial charge in [0.25, 0.3) is 5.69 Å². The maximum Gasteiger partial charge on any atom is 0.270 e. The van der Waals surface area contributed by atoms with E-state index in [1.807, 2.05) is 0 Å². The number of aromatic hydroxyl groups is 1. The Morgan fingerprint density at radius 2 is 2.18 bits per heavy atom. The molecule has 3 rings (SSSR count). The van der Waals surface area contributed by atoms with Gasteiger partial charge in [-0.2, -0.15) is 5.10 Å². The van der Waals surface area contributed by atoms with Gasteiger partial charge in [0, 0.05) is 23.3 Å². The summed E-state index contributed by atoms with van der Waals surface area (Å²) in [6.45, 7) is 0. The summed E-state index contributed by atoms with van der Waals surface area (Å²) < 4.78 is 0.285. The van der Waals surface area contributed by atoms with Gasteiger partial charge >= 0.3 is 0 Å². The van der Waals surface area contributed by atoms with Crippen LogP contribution < -0.4 is 0 Å². The summed E-state index contributed by atoms with van der Waals surface area (Å²) in [5.74, 6) is -0.101. The van der Waals surface area contributed by atoms with Gasteiger partial charge in [-0.05, 0) is 18.3 Å². The topological polar surface area (TPSA) is 120 Å². The fourth-order valence-electron chi connectivity index (χ4n) is 2.01. The Hall–Kier alpha value is -3.07. The van der Waals surface area contributed by atoms with Gasteiger partial charge in [0.15, 0.2) is 4.77 Å². The number of hydrogen-bond acceptors (Lipinski definition) is 6. The van der Waals surface area contributed by atoms with Gasteiger partial charge in [-0.15, -0.1) is 5.10 Å². The third-order valence-electron chi connectivity index (χ3n) is 2.99. The molecule has 0 spiro atoms. The zero-order chi connectivity index (χ0) is 15.7. The number of nitro benzene ring substituents is 1. The first-order valence-corrected chi connectivity index (χ1v) is 6.54. The molecule has 22 heavy (non-hydrogen) atoms. The molecule has 0 saturated carbocycles. The highest BCUT2D eigenvalue weighted by atomic mass is 32.1. The minimum atomic E-state index is -0.474. The molecule has 9 heteroatoms. The van der Waals surface area contributed by atoms with E-state index in [0.717, 1.165) is 0 Å². The maximum atomic E-state index is 10.9. The maximum absolute atomic E-state index is 10.9. The van der Waals surface area contributed by atoms with Crippen molar-refractivity contribution >= 4 is 35.9 Å². The van der Waals surface area contributed by atoms with Gasteiger partial charge in [0.1, 0.15) is 11.4 Å². The number of non-ortho nitro benzene ring substituents is 1. The molecule has 1 aromatic carbocycles. The molecule has 1 aromatic heterocycles. The van der Waals surface area contributed by atoms with E-state index in [1.165, 1.54) is 18.3 Å². The molecule has 110 valence electrons. The Morgan fingerprint density at radius 1 is 1.36 bits per heavy atom. The molecule has 0 unspecified atom stereocenters. The minimum absolute atomic E-state index is 0.0321. The van der Waals surface area contributed by atoms with E-state index < -0.39 is 4.92 Å². The lowest BCUT2D eigenvalue weighted by molar-refractivity contribution is -0.384. The van der Waals surface area contributed by atoms with E-state index in [0.29, 0.717) is 22.5 Å². The number of allylic oxidation sites excluding steroid dienone is 1. The van der Waals surface area contributed by atoms with Crippen molar-refractivity contribution in [2.75, 3.05) is 0 Å². The quantitative estimate of drug-likeness (QED) is 0.458. The lowest BCUT2D eigenvalue weighted by Crippen LogP contribution is -2.03. The molecule has 0 bridgehead atoms. The fourth-order valence-corrected chi connectivity index (χ4v) is 2.22. The van der Waals surface area contributed by atoms with Crippen LogP contribution in [0.5, 0.6) is 5.88 Å². The summed E-state index contributed by atoms with van der Waals surface area (Å²) in [7, 11) is 0. The monoisotopic (exact) mass is 315 g/mol. The number of imidazole rings is 1. The van der Waals surface area contributed by atoms with Crippen molar-refractivity contribution in [3.05, 3.63) is 56.0 Å². The van der Waals surface area contributed by atoms with Gasteiger partial charge in [-0.1, -0.05) is 12.1 Å². The number of rotatable bonds is 3. The van der Waals surface area contributed by atoms with Crippen LogP contribution in [0.2, 0.25) is 0 Å². The fraction of sp³-hybridized carbons (Fsp3) is 0. The van der Waals surface area contributed by atoms with Crippen LogP contribution in [0.4, 0.5) is 5.69 Å². The molecule has 0 amide bonds. The molecular formula is C13H9N5O3S. The van der Waals surface area contributed by atoms with E-state index in [2.05, 4.69) is 20.2 Å². The van der Waals surface area contributed by atoms with Gasteiger partial charge in [0.05, 0.1) is 11.1 Å². The molecule has 1 aliphatic heterocycles. The second kappa shape index (κ2) is 5.37. The lowest BCUT2D eigenvalue weighted by Gasteiger charge is -2.02. The Labute approximate surface area is 128 Å². The Morgan fingerprint density at radius 3 is 2.86 bits per heavy atom. The third-order valence-corrected chi connectivity index (χ3v) is 3.20. The minimum Gasteiger partial charge on any atom is -0.493 e. The molecule has 0 radical (unpaired) electrons. The lowest BCUT2D eigenvalue weighted by atomic mass is 10.0. The number of nitrogens with one attached hydrogen (secondary N) is 2. The average Bonchev–Trinajstić information content (AvgIpc) is 3.06. The van der Waals surface area contributed by atoms with Crippen LogP contribution in [0.25, 0.3) is 6.08 Å². The second-order valence-corrected chi connectivity index (χ2v) is 4.85. The molecule has 8 nitrogen and oxygen atoms in total. The van der Waals surface area contributed by atoms with Crippen molar-refractivity contribution < 1.29 is 10.0 Å². The number of benzene rings is 1. The zero-order valence-electron chi connectivity index (χ0n) is 11.0. The molecule has 3 N–H and O–H groups in total. The van der Waals surface area contributed by atoms with Crippen molar-refractivity contribution in [1.29, 1.82) is 0 Å². The van der Waals surface area contributed by atoms with Crippen LogP contribution in [0.15, 0.2) is 40.0 Å². The summed E-state index contributed by atoms with van der Waals surface area (Å²) in [4.78, 5) is 15.7. The normalized spacial score (nSPS) is 15.3. The summed E-state index contributed by atoms with van der Waals surface area (Å²) in [5.41, 5.74) is 1.98. The molecule has 0 aliphatic carbocycles. The standard InChI is InChI=1S/C13H9N5O3S/c19-12-10(15-13(22)16-12)5-8-6-14-17-11(8)7-2-1-3-9(4-7)18(20)21/h1-6,19H,(H2,15,16,22). The first-order chi connectivity index (χ1) is 10.5. The van der Waals surface area contributed by atoms with Crippen LogP contribution in [0.1, 0.15) is 11.3 Å². The van der Waals surface area contributed by atoms with E-state index in [9.17, 15) is 15.2 Å². The smallest absolute Gasteiger partial charge is 0.270 e. The highest BCUT2D eigenvalue weighted by Crippen LogP contribution is 2.22. The van der Waals surface area contributed by atoms with Crippen LogP contribution in [0, 0.1) is 14.9 Å². The van der Waals surface area contributed by atoms with Gasteiger partial charge in [-0.25, -0.2) is 0 Å². The van der Waals surface area contributed by atoms with Crippen LogP contribution in [0.3, 0.4) is 0 Å². The molecule has 1 aliphatic rings. The van der Waals surface area contributed by atoms with Gasteiger partial charge in [0.2, 0.25) is 5.88 Å². The van der Waals surface area contributed by atoms with Crippen molar-refractivity contribution in [3.8, 4) is 5.88 Å². The summed E-state index contributed by atoms with van der Waals surface area (Å²) in [6.07, 6.45) is 3.10. The SMILES string of the molecule is O=[N+]([O-])c1cccc(C2=NN=CC2=Cc2[nH]c(=S)[nH]c2O)c1. The van der Waals surface area contributed by atoms with E-state index in [4.69, 9.17) is 12.2 Å². The van der Waals surface area contributed by atoms with Crippen molar-refractivity contribution in [1.82, 2.24) is 9.97 Å². The number of aromatic amines is 2. The largest absolute Gasteiger partial charge is 0.493 e. The Kier molecular flexibility index (Phi) is 3.39. The van der Waals surface area contributed by atoms with Crippen LogP contribution in [-0.4, -0.2) is 31.9 Å². The van der Waals surface area contributed by atoms with Crippen molar-refractivity contribution in [2.24, 2.45) is 10.2 Å². The highest BCUT2D eigenvalue weighted by Gasteiger charge is 2.17. The summed E-state index contributed by atoms with van der Waals surface area (Å²) >= 11 is 4.89. The van der Waals surface area contributed by atoms with Crippen LogP contribution >= 0.6 is 12.2 Å². The molecule has 0 atom stereocenters. The van der Waals surface area contributed by atoms with E-state index >= 15 is 0 Å². The first kappa shape index (κ1) is 13.9. The predicted octanol–water partition coefficient (Wildman–Crippen LogP) is 2.56. The van der Waals surface area contributed by atoms with E-state index in [-0.39, 0.29) is 16.3 Å². The van der Waals surface area contributed by atoms with Gasteiger partial charge in [-0.3, -0.25) is 10.1 Å². The molecule has 2 heterocycles. The third kappa shape index (κ3) is 2.56. The highest BCUT2D eigenvalue weighted by molar-refractivity contribution is 7.71. The van der Waals surface area contributed by atoms with Gasteiger partial charge < -0.3 is 15.1 Å². The molecule has 2 aromatic rings. The molecule has 0 saturated heterocycles. The number of aromatic nitrogens is 2. The Balaban J connectivity index is 2.01. The number of nitrogens with zero attached hydrogens (tertiary/aromatic N) is 3. The predicted molar refractivity (Wildman–Crippen MR) is 83.7 cm³/mol.